The molecule has 0 fully saturated rings. The van der Waals surface area contributed by atoms with Crippen LogP contribution in [0.15, 0.2) is 29.6 Å². The lowest BCUT2D eigenvalue weighted by atomic mass is 10.1. The Morgan fingerprint density at radius 2 is 2.12 bits per heavy atom. The molecule has 0 aliphatic rings. The van der Waals surface area contributed by atoms with Gasteiger partial charge in [-0.2, -0.15) is 0 Å². The molecule has 2 rings (SSSR count). The fraction of sp³-hybridized carbons (Fsp3) is 0.429. The van der Waals surface area contributed by atoms with Gasteiger partial charge in [0, 0.05) is 10.7 Å². The molecule has 0 aliphatic heterocycles. The van der Waals surface area contributed by atoms with E-state index in [9.17, 15) is 5.11 Å². The Morgan fingerprint density at radius 1 is 1.35 bits per heavy atom. The normalized spacial score (nSPS) is 15.0. The number of thiophene rings is 1. The Kier molecular flexibility index (Phi) is 4.15. The molecule has 92 valence electrons. The standard InChI is InChI=1S/C14H19NOS/c1-3-10(2)15-13(8-16)12-9-17-14-7-5-4-6-11(12)14/h4-7,9-10,13,15-16H,3,8H2,1-2H3. The number of nitrogens with one attached hydrogen (secondary N) is 1. The first-order valence-electron chi connectivity index (χ1n) is 6.09. The van der Waals surface area contributed by atoms with Crippen molar-refractivity contribution in [2.45, 2.75) is 32.4 Å². The van der Waals surface area contributed by atoms with E-state index in [1.165, 1.54) is 15.6 Å². The van der Waals surface area contributed by atoms with E-state index in [4.69, 9.17) is 0 Å². The average Bonchev–Trinajstić information content (AvgIpc) is 2.79. The van der Waals surface area contributed by atoms with Gasteiger partial charge >= 0.3 is 0 Å². The molecular formula is C14H19NOS. The zero-order chi connectivity index (χ0) is 12.3. The molecule has 0 amide bonds. The molecule has 0 spiro atoms. The summed E-state index contributed by atoms with van der Waals surface area (Å²) in [5.41, 5.74) is 1.22. The van der Waals surface area contributed by atoms with Gasteiger partial charge in [0.25, 0.3) is 0 Å². The van der Waals surface area contributed by atoms with Gasteiger partial charge in [0.1, 0.15) is 0 Å². The van der Waals surface area contributed by atoms with Crippen LogP contribution in [-0.2, 0) is 0 Å². The van der Waals surface area contributed by atoms with Crippen molar-refractivity contribution in [1.82, 2.24) is 5.32 Å². The summed E-state index contributed by atoms with van der Waals surface area (Å²) in [7, 11) is 0. The highest BCUT2D eigenvalue weighted by molar-refractivity contribution is 7.17. The van der Waals surface area contributed by atoms with Crippen molar-refractivity contribution in [2.24, 2.45) is 0 Å². The van der Waals surface area contributed by atoms with Gasteiger partial charge in [0.15, 0.2) is 0 Å². The summed E-state index contributed by atoms with van der Waals surface area (Å²) < 4.78 is 1.28. The highest BCUT2D eigenvalue weighted by atomic mass is 32.1. The Hall–Kier alpha value is -0.900. The van der Waals surface area contributed by atoms with Crippen molar-refractivity contribution in [2.75, 3.05) is 6.61 Å². The van der Waals surface area contributed by atoms with Gasteiger partial charge in [-0.25, -0.2) is 0 Å². The molecule has 2 aromatic rings. The lowest BCUT2D eigenvalue weighted by Crippen LogP contribution is -2.31. The van der Waals surface area contributed by atoms with Crippen LogP contribution in [0, 0.1) is 0 Å². The van der Waals surface area contributed by atoms with Crippen molar-refractivity contribution >= 4 is 21.4 Å². The molecule has 2 atom stereocenters. The summed E-state index contributed by atoms with van der Waals surface area (Å²) in [5.74, 6) is 0. The van der Waals surface area contributed by atoms with Gasteiger partial charge in [-0.3, -0.25) is 0 Å². The smallest absolute Gasteiger partial charge is 0.0627 e. The highest BCUT2D eigenvalue weighted by Crippen LogP contribution is 2.30. The molecular weight excluding hydrogens is 230 g/mol. The van der Waals surface area contributed by atoms with Crippen LogP contribution < -0.4 is 5.32 Å². The van der Waals surface area contributed by atoms with E-state index in [-0.39, 0.29) is 12.6 Å². The molecule has 3 heteroatoms. The molecule has 2 unspecified atom stereocenters. The first kappa shape index (κ1) is 12.6. The fourth-order valence-corrected chi connectivity index (χ4v) is 2.99. The van der Waals surface area contributed by atoms with Crippen molar-refractivity contribution in [3.8, 4) is 0 Å². The molecule has 0 aliphatic carbocycles. The minimum atomic E-state index is 0.0427. The third kappa shape index (κ3) is 2.68. The second-order valence-corrected chi connectivity index (χ2v) is 5.31. The number of benzene rings is 1. The lowest BCUT2D eigenvalue weighted by Gasteiger charge is -2.20. The summed E-state index contributed by atoms with van der Waals surface area (Å²) in [6, 6.07) is 8.82. The van der Waals surface area contributed by atoms with Crippen molar-refractivity contribution in [1.29, 1.82) is 0 Å². The van der Waals surface area contributed by atoms with Gasteiger partial charge in [0.2, 0.25) is 0 Å². The number of hydrogen-bond acceptors (Lipinski definition) is 3. The Labute approximate surface area is 106 Å². The highest BCUT2D eigenvalue weighted by Gasteiger charge is 2.16. The van der Waals surface area contributed by atoms with Gasteiger partial charge in [-0.05, 0) is 35.7 Å². The first-order valence-corrected chi connectivity index (χ1v) is 6.97. The van der Waals surface area contributed by atoms with Crippen LogP contribution in [0.5, 0.6) is 0 Å². The average molecular weight is 249 g/mol. The van der Waals surface area contributed by atoms with Crippen molar-refractivity contribution in [3.05, 3.63) is 35.2 Å². The molecule has 2 N–H and O–H groups in total. The maximum absolute atomic E-state index is 9.54. The number of aliphatic hydroxyl groups is 1. The van der Waals surface area contributed by atoms with Gasteiger partial charge in [-0.1, -0.05) is 25.1 Å². The van der Waals surface area contributed by atoms with Crippen LogP contribution in [0.3, 0.4) is 0 Å². The molecule has 1 aromatic carbocycles. The number of fused-ring (bicyclic) bond motifs is 1. The fourth-order valence-electron chi connectivity index (χ4n) is 1.97. The molecule has 0 saturated heterocycles. The predicted octanol–water partition coefficient (Wildman–Crippen LogP) is 3.32. The second-order valence-electron chi connectivity index (χ2n) is 4.40. The second kappa shape index (κ2) is 5.63. The predicted molar refractivity (Wildman–Crippen MR) is 74.5 cm³/mol. The van der Waals surface area contributed by atoms with E-state index < -0.39 is 0 Å². The SMILES string of the molecule is CCC(C)NC(CO)c1csc2ccccc12. The molecule has 0 radical (unpaired) electrons. The monoisotopic (exact) mass is 249 g/mol. The molecule has 1 heterocycles. The molecule has 17 heavy (non-hydrogen) atoms. The minimum absolute atomic E-state index is 0.0427. The van der Waals surface area contributed by atoms with Crippen LogP contribution >= 0.6 is 11.3 Å². The summed E-state index contributed by atoms with van der Waals surface area (Å²) in [6.07, 6.45) is 1.07. The summed E-state index contributed by atoms with van der Waals surface area (Å²) in [6.45, 7) is 4.44. The zero-order valence-electron chi connectivity index (χ0n) is 10.3. The Balaban J connectivity index is 2.30. The van der Waals surface area contributed by atoms with E-state index in [0.717, 1.165) is 6.42 Å². The Bertz CT molecular complexity index is 480. The number of aliphatic hydroxyl groups excluding tert-OH is 1. The quantitative estimate of drug-likeness (QED) is 0.852. The number of rotatable bonds is 5. The summed E-state index contributed by atoms with van der Waals surface area (Å²) in [5, 5.41) is 16.4. The maximum Gasteiger partial charge on any atom is 0.0627 e. The molecule has 1 aromatic heterocycles. The van der Waals surface area contributed by atoms with Gasteiger partial charge < -0.3 is 10.4 Å². The van der Waals surface area contributed by atoms with Crippen LogP contribution in [0.1, 0.15) is 31.9 Å². The summed E-state index contributed by atoms with van der Waals surface area (Å²) in [4.78, 5) is 0. The number of hydrogen-bond donors (Lipinski definition) is 2. The van der Waals surface area contributed by atoms with E-state index in [2.05, 4.69) is 48.8 Å². The molecule has 0 bridgehead atoms. The van der Waals surface area contributed by atoms with Crippen LogP contribution in [0.4, 0.5) is 0 Å². The van der Waals surface area contributed by atoms with E-state index in [1.807, 2.05) is 0 Å². The zero-order valence-corrected chi connectivity index (χ0v) is 11.1. The van der Waals surface area contributed by atoms with E-state index in [1.54, 1.807) is 11.3 Å². The van der Waals surface area contributed by atoms with Crippen LogP contribution in [-0.4, -0.2) is 17.8 Å². The van der Waals surface area contributed by atoms with Crippen LogP contribution in [0.2, 0.25) is 0 Å². The minimum Gasteiger partial charge on any atom is -0.394 e. The van der Waals surface area contributed by atoms with Gasteiger partial charge in [0.05, 0.1) is 12.6 Å². The maximum atomic E-state index is 9.54. The molecule has 2 nitrogen and oxygen atoms in total. The van der Waals surface area contributed by atoms with Gasteiger partial charge in [-0.15, -0.1) is 11.3 Å². The molecule has 0 saturated carbocycles. The summed E-state index contributed by atoms with van der Waals surface area (Å²) >= 11 is 1.74. The van der Waals surface area contributed by atoms with Crippen molar-refractivity contribution in [3.63, 3.8) is 0 Å². The van der Waals surface area contributed by atoms with E-state index >= 15 is 0 Å². The Morgan fingerprint density at radius 3 is 2.82 bits per heavy atom. The third-order valence-corrected chi connectivity index (χ3v) is 4.15. The topological polar surface area (TPSA) is 32.3 Å². The van der Waals surface area contributed by atoms with Crippen molar-refractivity contribution < 1.29 is 5.11 Å². The van der Waals surface area contributed by atoms with E-state index in [0.29, 0.717) is 6.04 Å². The third-order valence-electron chi connectivity index (χ3n) is 3.17. The lowest BCUT2D eigenvalue weighted by molar-refractivity contribution is 0.235. The largest absolute Gasteiger partial charge is 0.394 e. The first-order chi connectivity index (χ1) is 8.26. The van der Waals surface area contributed by atoms with Crippen LogP contribution in [0.25, 0.3) is 10.1 Å².